The van der Waals surface area contributed by atoms with Crippen LogP contribution in [0.4, 0.5) is 5.69 Å². The molecule has 0 atom stereocenters. The van der Waals surface area contributed by atoms with Crippen molar-refractivity contribution in [3.63, 3.8) is 0 Å². The third kappa shape index (κ3) is 4.75. The van der Waals surface area contributed by atoms with Gasteiger partial charge in [-0.3, -0.25) is 14.5 Å². The van der Waals surface area contributed by atoms with Crippen LogP contribution >= 0.6 is 0 Å². The first kappa shape index (κ1) is 22.1. The first-order chi connectivity index (χ1) is 16.0. The zero-order chi connectivity index (χ0) is 23.4. The van der Waals surface area contributed by atoms with E-state index in [9.17, 15) is 9.59 Å². The number of carbonyl (C=O) groups is 2. The summed E-state index contributed by atoms with van der Waals surface area (Å²) in [7, 11) is 1.60. The number of benzene rings is 3. The van der Waals surface area contributed by atoms with E-state index in [0.29, 0.717) is 16.9 Å². The number of aryl methyl sites for hydroxylation is 2. The summed E-state index contributed by atoms with van der Waals surface area (Å²) >= 11 is 0. The Bertz CT molecular complexity index is 1200. The molecule has 0 saturated heterocycles. The molecule has 0 spiro atoms. The predicted octanol–water partition coefficient (Wildman–Crippen LogP) is 4.58. The second kappa shape index (κ2) is 9.61. The maximum absolute atomic E-state index is 13.3. The van der Waals surface area contributed by atoms with E-state index in [1.54, 1.807) is 31.4 Å². The van der Waals surface area contributed by atoms with E-state index in [2.05, 4.69) is 5.32 Å². The highest BCUT2D eigenvalue weighted by molar-refractivity contribution is 6.36. The van der Waals surface area contributed by atoms with Crippen LogP contribution in [-0.4, -0.2) is 37.0 Å². The molecular formula is C27H26N2O4. The largest absolute Gasteiger partial charge is 0.497 e. The minimum absolute atomic E-state index is 0.137. The maximum Gasteiger partial charge on any atom is 0.278 e. The molecule has 1 aliphatic rings. The number of rotatable bonds is 8. The Morgan fingerprint density at radius 3 is 2.21 bits per heavy atom. The second-order valence-corrected chi connectivity index (χ2v) is 7.85. The molecule has 0 saturated carbocycles. The normalized spacial score (nSPS) is 13.5. The van der Waals surface area contributed by atoms with Crippen molar-refractivity contribution in [3.8, 4) is 11.5 Å². The SMILES string of the molecule is COc1ccc(OCCN2C(=O)C(Nc3ccc(C)cc3C)=C(c3ccccc3)C2=O)cc1. The highest BCUT2D eigenvalue weighted by Gasteiger charge is 2.39. The fourth-order valence-corrected chi connectivity index (χ4v) is 3.78. The first-order valence-electron chi connectivity index (χ1n) is 10.7. The van der Waals surface area contributed by atoms with Crippen LogP contribution in [-0.2, 0) is 9.59 Å². The molecule has 0 aliphatic carbocycles. The number of anilines is 1. The van der Waals surface area contributed by atoms with E-state index in [-0.39, 0.29) is 30.7 Å². The fourth-order valence-electron chi connectivity index (χ4n) is 3.78. The van der Waals surface area contributed by atoms with E-state index in [0.717, 1.165) is 22.6 Å². The van der Waals surface area contributed by atoms with Crippen LogP contribution in [0.1, 0.15) is 16.7 Å². The van der Waals surface area contributed by atoms with E-state index in [1.807, 2.05) is 62.4 Å². The van der Waals surface area contributed by atoms with Gasteiger partial charge in [0.25, 0.3) is 11.8 Å². The smallest absolute Gasteiger partial charge is 0.278 e. The van der Waals surface area contributed by atoms with Crippen molar-refractivity contribution in [2.75, 3.05) is 25.6 Å². The molecule has 6 nitrogen and oxygen atoms in total. The van der Waals surface area contributed by atoms with Gasteiger partial charge in [0.1, 0.15) is 23.8 Å². The van der Waals surface area contributed by atoms with Gasteiger partial charge >= 0.3 is 0 Å². The van der Waals surface area contributed by atoms with Crippen LogP contribution < -0.4 is 14.8 Å². The summed E-state index contributed by atoms with van der Waals surface area (Å²) < 4.78 is 10.9. The summed E-state index contributed by atoms with van der Waals surface area (Å²) in [6, 6.07) is 22.3. The average molecular weight is 443 g/mol. The Morgan fingerprint density at radius 1 is 0.848 bits per heavy atom. The predicted molar refractivity (Wildman–Crippen MR) is 128 cm³/mol. The van der Waals surface area contributed by atoms with Crippen molar-refractivity contribution in [2.45, 2.75) is 13.8 Å². The zero-order valence-corrected chi connectivity index (χ0v) is 18.9. The lowest BCUT2D eigenvalue weighted by molar-refractivity contribution is -0.137. The fraction of sp³-hybridized carbons (Fsp3) is 0.185. The highest BCUT2D eigenvalue weighted by atomic mass is 16.5. The molecule has 0 radical (unpaired) electrons. The Labute approximate surface area is 193 Å². The minimum atomic E-state index is -0.364. The van der Waals surface area contributed by atoms with Crippen molar-refractivity contribution in [2.24, 2.45) is 0 Å². The average Bonchev–Trinajstić information content (AvgIpc) is 3.06. The van der Waals surface area contributed by atoms with Crippen molar-refractivity contribution < 1.29 is 19.1 Å². The molecule has 1 N–H and O–H groups in total. The highest BCUT2D eigenvalue weighted by Crippen LogP contribution is 2.31. The van der Waals surface area contributed by atoms with Gasteiger partial charge in [-0.05, 0) is 55.3 Å². The quantitative estimate of drug-likeness (QED) is 0.517. The molecule has 168 valence electrons. The van der Waals surface area contributed by atoms with Crippen LogP contribution in [0.5, 0.6) is 11.5 Å². The lowest BCUT2D eigenvalue weighted by Gasteiger charge is -2.16. The molecule has 6 heteroatoms. The summed E-state index contributed by atoms with van der Waals surface area (Å²) in [5.41, 5.74) is 4.26. The molecule has 2 amide bonds. The summed E-state index contributed by atoms with van der Waals surface area (Å²) in [4.78, 5) is 27.9. The molecule has 0 aromatic heterocycles. The number of imide groups is 1. The molecule has 0 unspecified atom stereocenters. The Morgan fingerprint density at radius 2 is 1.55 bits per heavy atom. The molecule has 3 aromatic carbocycles. The van der Waals surface area contributed by atoms with E-state index >= 15 is 0 Å². The topological polar surface area (TPSA) is 67.9 Å². The molecule has 0 fully saturated rings. The molecule has 1 aliphatic heterocycles. The number of hydrogen-bond donors (Lipinski definition) is 1. The van der Waals surface area contributed by atoms with E-state index in [1.165, 1.54) is 4.90 Å². The number of ether oxygens (including phenoxy) is 2. The lowest BCUT2D eigenvalue weighted by atomic mass is 10.0. The first-order valence-corrected chi connectivity index (χ1v) is 10.7. The molecule has 0 bridgehead atoms. The van der Waals surface area contributed by atoms with Gasteiger partial charge in [0.05, 0.1) is 19.2 Å². The summed E-state index contributed by atoms with van der Waals surface area (Å²) in [6.07, 6.45) is 0. The van der Waals surface area contributed by atoms with Gasteiger partial charge in [0, 0.05) is 5.69 Å². The van der Waals surface area contributed by atoms with E-state index in [4.69, 9.17) is 9.47 Å². The van der Waals surface area contributed by atoms with Gasteiger partial charge in [-0.25, -0.2) is 0 Å². The van der Waals surface area contributed by atoms with Gasteiger partial charge in [-0.1, -0.05) is 48.0 Å². The summed E-state index contributed by atoms with van der Waals surface area (Å²) in [6.45, 7) is 4.31. The summed E-state index contributed by atoms with van der Waals surface area (Å²) in [5, 5.41) is 3.23. The number of nitrogens with zero attached hydrogens (tertiary/aromatic N) is 1. The molecule has 3 aromatic rings. The van der Waals surface area contributed by atoms with E-state index < -0.39 is 0 Å². The van der Waals surface area contributed by atoms with Crippen LogP contribution in [0.15, 0.2) is 78.5 Å². The Hall–Kier alpha value is -4.06. The number of carbonyl (C=O) groups excluding carboxylic acids is 2. The standard InChI is InChI=1S/C27H26N2O4/c1-18-9-14-23(19(2)17-18)28-25-24(20-7-5-4-6-8-20)26(30)29(27(25)31)15-16-33-22-12-10-21(32-3)11-13-22/h4-14,17,28H,15-16H2,1-3H3. The van der Waals surface area contributed by atoms with Crippen LogP contribution in [0.25, 0.3) is 5.57 Å². The monoisotopic (exact) mass is 442 g/mol. The van der Waals surface area contributed by atoms with Gasteiger partial charge < -0.3 is 14.8 Å². The molecule has 1 heterocycles. The Balaban J connectivity index is 1.56. The van der Waals surface area contributed by atoms with Crippen molar-refractivity contribution in [3.05, 3.63) is 95.2 Å². The second-order valence-electron chi connectivity index (χ2n) is 7.85. The zero-order valence-electron chi connectivity index (χ0n) is 18.9. The van der Waals surface area contributed by atoms with Gasteiger partial charge in [-0.15, -0.1) is 0 Å². The van der Waals surface area contributed by atoms with Gasteiger partial charge in [0.2, 0.25) is 0 Å². The summed E-state index contributed by atoms with van der Waals surface area (Å²) in [5.74, 6) is 0.666. The van der Waals surface area contributed by atoms with Crippen LogP contribution in [0.2, 0.25) is 0 Å². The molecule has 33 heavy (non-hydrogen) atoms. The third-order valence-electron chi connectivity index (χ3n) is 5.52. The van der Waals surface area contributed by atoms with Crippen molar-refractivity contribution >= 4 is 23.1 Å². The van der Waals surface area contributed by atoms with Crippen LogP contribution in [0, 0.1) is 13.8 Å². The van der Waals surface area contributed by atoms with Crippen molar-refractivity contribution in [1.82, 2.24) is 4.90 Å². The van der Waals surface area contributed by atoms with Crippen LogP contribution in [0.3, 0.4) is 0 Å². The maximum atomic E-state index is 13.3. The number of hydrogen-bond acceptors (Lipinski definition) is 5. The number of methoxy groups -OCH3 is 1. The van der Waals surface area contributed by atoms with Gasteiger partial charge in [-0.2, -0.15) is 0 Å². The lowest BCUT2D eigenvalue weighted by Crippen LogP contribution is -2.36. The molecular weight excluding hydrogens is 416 g/mol. The number of nitrogens with one attached hydrogen (secondary N) is 1. The van der Waals surface area contributed by atoms with Crippen molar-refractivity contribution in [1.29, 1.82) is 0 Å². The molecule has 4 rings (SSSR count). The minimum Gasteiger partial charge on any atom is -0.497 e. The Kier molecular flexibility index (Phi) is 6.45. The number of amides is 2. The van der Waals surface area contributed by atoms with Gasteiger partial charge in [0.15, 0.2) is 0 Å². The third-order valence-corrected chi connectivity index (χ3v) is 5.52.